The van der Waals surface area contributed by atoms with Crippen molar-refractivity contribution in [2.45, 2.75) is 19.3 Å². The molecule has 0 aromatic heterocycles. The molecule has 11 heavy (non-hydrogen) atoms. The van der Waals surface area contributed by atoms with Crippen LogP contribution in [0.1, 0.15) is 19.3 Å². The molecular formula is C8H17N2P. The van der Waals surface area contributed by atoms with Gasteiger partial charge in [0.25, 0.3) is 0 Å². The maximum atomic E-state index is 3.47. The van der Waals surface area contributed by atoms with Gasteiger partial charge in [-0.15, -0.1) is 0 Å². The van der Waals surface area contributed by atoms with Gasteiger partial charge in [-0.05, 0) is 31.2 Å². The Bertz CT molecular complexity index is 133. The van der Waals surface area contributed by atoms with E-state index in [2.05, 4.69) is 19.4 Å². The lowest BCUT2D eigenvalue weighted by Gasteiger charge is -2.36. The Morgan fingerprint density at radius 1 is 1.18 bits per heavy atom. The number of hydrogen-bond acceptors (Lipinski definition) is 2. The van der Waals surface area contributed by atoms with Gasteiger partial charge in [0, 0.05) is 19.6 Å². The van der Waals surface area contributed by atoms with E-state index < -0.39 is 0 Å². The summed E-state index contributed by atoms with van der Waals surface area (Å²) in [6.07, 6.45) is 4.19. The molecule has 0 saturated carbocycles. The first kappa shape index (κ1) is 7.97. The Morgan fingerprint density at radius 2 is 1.91 bits per heavy atom. The molecule has 2 aliphatic rings. The summed E-state index contributed by atoms with van der Waals surface area (Å²) in [7, 11) is 2.81. The molecule has 0 bridgehead atoms. The van der Waals surface area contributed by atoms with Crippen molar-refractivity contribution in [2.24, 2.45) is 5.41 Å². The molecule has 3 heteroatoms. The predicted molar refractivity (Wildman–Crippen MR) is 50.4 cm³/mol. The summed E-state index contributed by atoms with van der Waals surface area (Å²) in [5, 5.41) is 3.47. The van der Waals surface area contributed by atoms with Crippen LogP contribution in [0.2, 0.25) is 0 Å². The summed E-state index contributed by atoms with van der Waals surface area (Å²) in [5.74, 6) is 0. The minimum absolute atomic E-state index is 0.688. The molecule has 1 spiro atoms. The zero-order valence-corrected chi connectivity index (χ0v) is 8.13. The van der Waals surface area contributed by atoms with Gasteiger partial charge < -0.3 is 5.32 Å². The second-order valence-electron chi connectivity index (χ2n) is 3.96. The quantitative estimate of drug-likeness (QED) is 0.545. The van der Waals surface area contributed by atoms with Gasteiger partial charge in [-0.3, -0.25) is 4.67 Å². The average molecular weight is 172 g/mol. The molecule has 2 fully saturated rings. The topological polar surface area (TPSA) is 15.3 Å². The van der Waals surface area contributed by atoms with Crippen LogP contribution in [-0.4, -0.2) is 30.8 Å². The van der Waals surface area contributed by atoms with E-state index in [9.17, 15) is 0 Å². The minimum Gasteiger partial charge on any atom is -0.316 e. The van der Waals surface area contributed by atoms with Crippen molar-refractivity contribution in [1.82, 2.24) is 9.99 Å². The van der Waals surface area contributed by atoms with Gasteiger partial charge in [0.05, 0.1) is 0 Å². The number of piperidine rings is 1. The summed E-state index contributed by atoms with van der Waals surface area (Å²) >= 11 is 0. The molecule has 1 N–H and O–H groups in total. The van der Waals surface area contributed by atoms with Gasteiger partial charge in [-0.25, -0.2) is 0 Å². The normalized spacial score (nSPS) is 31.4. The van der Waals surface area contributed by atoms with Crippen molar-refractivity contribution >= 4 is 9.39 Å². The van der Waals surface area contributed by atoms with E-state index in [1.807, 2.05) is 0 Å². The second kappa shape index (κ2) is 3.01. The lowest BCUT2D eigenvalue weighted by molar-refractivity contribution is 0.182. The number of rotatable bonds is 0. The standard InChI is InChI=1S/C8H17N2P/c11-10-5-2-8(3-6-10)1-4-9-7-8/h9H,1-7,11H2. The van der Waals surface area contributed by atoms with E-state index in [0.29, 0.717) is 5.41 Å². The zero-order valence-electron chi connectivity index (χ0n) is 6.97. The molecule has 64 valence electrons. The molecule has 2 rings (SSSR count). The summed E-state index contributed by atoms with van der Waals surface area (Å²) < 4.78 is 2.36. The van der Waals surface area contributed by atoms with Crippen LogP contribution in [0, 0.1) is 5.41 Å². The maximum Gasteiger partial charge on any atom is 0.00219 e. The monoisotopic (exact) mass is 172 g/mol. The molecule has 0 aromatic rings. The van der Waals surface area contributed by atoms with Crippen molar-refractivity contribution in [3.8, 4) is 0 Å². The number of nitrogens with zero attached hydrogens (tertiary/aromatic N) is 1. The van der Waals surface area contributed by atoms with Crippen molar-refractivity contribution < 1.29 is 0 Å². The fourth-order valence-electron chi connectivity index (χ4n) is 2.22. The highest BCUT2D eigenvalue weighted by Crippen LogP contribution is 2.37. The van der Waals surface area contributed by atoms with Crippen LogP contribution < -0.4 is 5.32 Å². The van der Waals surface area contributed by atoms with Crippen molar-refractivity contribution in [3.05, 3.63) is 0 Å². The van der Waals surface area contributed by atoms with E-state index in [1.165, 1.54) is 45.4 Å². The van der Waals surface area contributed by atoms with Crippen molar-refractivity contribution in [2.75, 3.05) is 26.2 Å². The first-order valence-electron chi connectivity index (χ1n) is 4.51. The predicted octanol–water partition coefficient (Wildman–Crippen LogP) is 0.852. The second-order valence-corrected chi connectivity index (χ2v) is 4.69. The SMILES string of the molecule is PN1CCC2(CCNC2)CC1. The van der Waals surface area contributed by atoms with Gasteiger partial charge in [0.2, 0.25) is 0 Å². The summed E-state index contributed by atoms with van der Waals surface area (Å²) in [5.41, 5.74) is 0.688. The molecule has 0 aliphatic carbocycles. The summed E-state index contributed by atoms with van der Waals surface area (Å²) in [6, 6.07) is 0. The highest BCUT2D eigenvalue weighted by atomic mass is 31.0. The number of hydrogen-bond donors (Lipinski definition) is 1. The molecule has 0 amide bonds. The van der Waals surface area contributed by atoms with Crippen LogP contribution in [0.15, 0.2) is 0 Å². The molecule has 2 nitrogen and oxygen atoms in total. The van der Waals surface area contributed by atoms with Crippen molar-refractivity contribution in [3.63, 3.8) is 0 Å². The van der Waals surface area contributed by atoms with Gasteiger partial charge >= 0.3 is 0 Å². The van der Waals surface area contributed by atoms with E-state index in [0.717, 1.165) is 0 Å². The maximum absolute atomic E-state index is 3.47. The third kappa shape index (κ3) is 1.58. The van der Waals surface area contributed by atoms with Gasteiger partial charge in [-0.2, -0.15) is 0 Å². The highest BCUT2D eigenvalue weighted by Gasteiger charge is 2.35. The Hall–Kier alpha value is 0.350. The lowest BCUT2D eigenvalue weighted by atomic mass is 9.78. The van der Waals surface area contributed by atoms with E-state index in [1.54, 1.807) is 0 Å². The lowest BCUT2D eigenvalue weighted by Crippen LogP contribution is -2.36. The average Bonchev–Trinajstić information content (AvgIpc) is 2.45. The zero-order chi connectivity index (χ0) is 7.73. The van der Waals surface area contributed by atoms with Crippen LogP contribution in [0.25, 0.3) is 0 Å². The van der Waals surface area contributed by atoms with E-state index in [4.69, 9.17) is 0 Å². The Morgan fingerprint density at radius 3 is 2.45 bits per heavy atom. The minimum atomic E-state index is 0.688. The third-order valence-corrected chi connectivity index (χ3v) is 3.71. The largest absolute Gasteiger partial charge is 0.316 e. The Labute approximate surface area is 71.0 Å². The molecule has 0 radical (unpaired) electrons. The third-order valence-electron chi connectivity index (χ3n) is 3.19. The van der Waals surface area contributed by atoms with E-state index >= 15 is 0 Å². The van der Waals surface area contributed by atoms with Gasteiger partial charge in [-0.1, -0.05) is 9.39 Å². The smallest absolute Gasteiger partial charge is 0.00219 e. The Kier molecular flexibility index (Phi) is 2.18. The van der Waals surface area contributed by atoms with Crippen LogP contribution in [-0.2, 0) is 0 Å². The molecule has 0 aromatic carbocycles. The fourth-order valence-corrected chi connectivity index (χ4v) is 2.48. The Balaban J connectivity index is 1.94. The van der Waals surface area contributed by atoms with Crippen LogP contribution >= 0.6 is 9.39 Å². The molecule has 2 saturated heterocycles. The first-order chi connectivity index (χ1) is 5.31. The summed E-state index contributed by atoms with van der Waals surface area (Å²) in [4.78, 5) is 0. The van der Waals surface area contributed by atoms with Gasteiger partial charge in [0.15, 0.2) is 0 Å². The van der Waals surface area contributed by atoms with Crippen LogP contribution in [0.5, 0.6) is 0 Å². The van der Waals surface area contributed by atoms with Crippen LogP contribution in [0.4, 0.5) is 0 Å². The first-order valence-corrected chi connectivity index (χ1v) is 5.03. The summed E-state index contributed by atoms with van der Waals surface area (Å²) in [6.45, 7) is 5.06. The molecule has 2 heterocycles. The molecule has 1 unspecified atom stereocenters. The van der Waals surface area contributed by atoms with E-state index in [-0.39, 0.29) is 0 Å². The number of nitrogens with one attached hydrogen (secondary N) is 1. The van der Waals surface area contributed by atoms with Crippen LogP contribution in [0.3, 0.4) is 0 Å². The van der Waals surface area contributed by atoms with Gasteiger partial charge in [0.1, 0.15) is 0 Å². The molecular weight excluding hydrogens is 155 g/mol. The molecule has 2 aliphatic heterocycles. The fraction of sp³-hybridized carbons (Fsp3) is 1.00. The molecule has 1 atom stereocenters. The van der Waals surface area contributed by atoms with Crippen molar-refractivity contribution in [1.29, 1.82) is 0 Å². The highest BCUT2D eigenvalue weighted by molar-refractivity contribution is 7.13.